The molecule has 1 fully saturated rings. The Kier molecular flexibility index (Phi) is 5.01. The molecule has 1 aromatic rings. The summed E-state index contributed by atoms with van der Waals surface area (Å²) in [6.45, 7) is 2.99. The van der Waals surface area contributed by atoms with Crippen molar-refractivity contribution in [2.45, 2.75) is 44.6 Å². The van der Waals surface area contributed by atoms with Crippen molar-refractivity contribution < 1.29 is 9.53 Å². The lowest BCUT2D eigenvalue weighted by Crippen LogP contribution is -2.55. The van der Waals surface area contributed by atoms with Crippen LogP contribution < -0.4 is 15.8 Å². The predicted octanol–water partition coefficient (Wildman–Crippen LogP) is 2.15. The molecule has 0 aromatic heterocycles. The maximum atomic E-state index is 12.1. The van der Waals surface area contributed by atoms with Crippen molar-refractivity contribution in [1.82, 2.24) is 5.32 Å². The molecule has 1 aliphatic carbocycles. The summed E-state index contributed by atoms with van der Waals surface area (Å²) in [6, 6.07) is 7.88. The van der Waals surface area contributed by atoms with E-state index in [0.29, 0.717) is 13.2 Å². The number of carbonyl (C=O) groups is 1. The smallest absolute Gasteiger partial charge is 0.240 e. The molecule has 0 saturated heterocycles. The summed E-state index contributed by atoms with van der Waals surface area (Å²) in [6.07, 6.45) is 4.85. The van der Waals surface area contributed by atoms with Gasteiger partial charge in [-0.2, -0.15) is 0 Å². The van der Waals surface area contributed by atoms with Gasteiger partial charge in [0.25, 0.3) is 0 Å². The van der Waals surface area contributed by atoms with Gasteiger partial charge < -0.3 is 15.8 Å². The topological polar surface area (TPSA) is 64.3 Å². The van der Waals surface area contributed by atoms with Crippen LogP contribution in [0.4, 0.5) is 0 Å². The van der Waals surface area contributed by atoms with Gasteiger partial charge in [0.15, 0.2) is 0 Å². The molecule has 110 valence electrons. The number of rotatable bonds is 5. The lowest BCUT2D eigenvalue weighted by Gasteiger charge is -2.31. The third kappa shape index (κ3) is 3.97. The van der Waals surface area contributed by atoms with Crippen LogP contribution in [-0.4, -0.2) is 24.6 Å². The Morgan fingerprint density at radius 2 is 1.90 bits per heavy atom. The van der Waals surface area contributed by atoms with E-state index in [4.69, 9.17) is 10.5 Å². The molecule has 1 saturated carbocycles. The summed E-state index contributed by atoms with van der Waals surface area (Å²) >= 11 is 0. The standard InChI is InChI=1S/C16H24N2O2/c1-13-5-7-14(8-6-13)20-12-11-18-15(19)16(17)9-3-2-4-10-16/h5-8H,2-4,9-12,17H2,1H3,(H,18,19). The summed E-state index contributed by atoms with van der Waals surface area (Å²) in [5.74, 6) is 0.787. The fraction of sp³-hybridized carbons (Fsp3) is 0.562. The van der Waals surface area contributed by atoms with Gasteiger partial charge in [0.05, 0.1) is 12.1 Å². The van der Waals surface area contributed by atoms with Crippen LogP contribution >= 0.6 is 0 Å². The number of amides is 1. The van der Waals surface area contributed by atoms with Crippen LogP contribution in [0.5, 0.6) is 5.75 Å². The molecule has 1 aromatic carbocycles. The first-order valence-electron chi connectivity index (χ1n) is 7.37. The zero-order chi connectivity index (χ0) is 14.4. The highest BCUT2D eigenvalue weighted by molar-refractivity contribution is 5.86. The van der Waals surface area contributed by atoms with Gasteiger partial charge in [0, 0.05) is 0 Å². The van der Waals surface area contributed by atoms with Crippen LogP contribution in [0.3, 0.4) is 0 Å². The SMILES string of the molecule is Cc1ccc(OCCNC(=O)C2(N)CCCCC2)cc1. The molecule has 1 amide bonds. The normalized spacial score (nSPS) is 17.5. The van der Waals surface area contributed by atoms with Gasteiger partial charge in [0.1, 0.15) is 12.4 Å². The molecule has 4 heteroatoms. The third-order valence-corrected chi connectivity index (χ3v) is 3.88. The first kappa shape index (κ1) is 14.9. The minimum atomic E-state index is -0.665. The summed E-state index contributed by atoms with van der Waals surface area (Å²) in [5, 5.41) is 2.89. The average molecular weight is 276 g/mol. The van der Waals surface area contributed by atoms with Crippen molar-refractivity contribution in [3.8, 4) is 5.75 Å². The summed E-state index contributed by atoms with van der Waals surface area (Å²) in [5.41, 5.74) is 6.70. The first-order valence-corrected chi connectivity index (χ1v) is 7.37. The van der Waals surface area contributed by atoms with E-state index in [0.717, 1.165) is 31.4 Å². The molecular formula is C16H24N2O2. The van der Waals surface area contributed by atoms with Crippen molar-refractivity contribution in [2.75, 3.05) is 13.2 Å². The molecule has 0 atom stereocenters. The van der Waals surface area contributed by atoms with Gasteiger partial charge in [0.2, 0.25) is 5.91 Å². The molecule has 0 aliphatic heterocycles. The maximum absolute atomic E-state index is 12.1. The molecule has 20 heavy (non-hydrogen) atoms. The van der Waals surface area contributed by atoms with Crippen molar-refractivity contribution in [3.05, 3.63) is 29.8 Å². The highest BCUT2D eigenvalue weighted by Gasteiger charge is 2.34. The van der Waals surface area contributed by atoms with Crippen LogP contribution in [0.25, 0.3) is 0 Å². The average Bonchev–Trinajstić information content (AvgIpc) is 2.46. The van der Waals surface area contributed by atoms with Crippen LogP contribution in [0.2, 0.25) is 0 Å². The quantitative estimate of drug-likeness (QED) is 0.810. The van der Waals surface area contributed by atoms with E-state index in [1.54, 1.807) is 0 Å². The van der Waals surface area contributed by atoms with E-state index < -0.39 is 5.54 Å². The highest BCUT2D eigenvalue weighted by atomic mass is 16.5. The third-order valence-electron chi connectivity index (χ3n) is 3.88. The lowest BCUT2D eigenvalue weighted by molar-refractivity contribution is -0.127. The molecule has 0 spiro atoms. The number of nitrogens with one attached hydrogen (secondary N) is 1. The molecule has 0 radical (unpaired) electrons. The maximum Gasteiger partial charge on any atom is 0.240 e. The number of ether oxygens (including phenoxy) is 1. The van der Waals surface area contributed by atoms with Crippen LogP contribution in [-0.2, 0) is 4.79 Å². The van der Waals surface area contributed by atoms with Crippen LogP contribution in [0, 0.1) is 6.92 Å². The lowest BCUT2D eigenvalue weighted by atomic mass is 9.82. The number of aryl methyl sites for hydroxylation is 1. The molecule has 4 nitrogen and oxygen atoms in total. The van der Waals surface area contributed by atoms with E-state index in [9.17, 15) is 4.79 Å². The van der Waals surface area contributed by atoms with E-state index in [-0.39, 0.29) is 5.91 Å². The Hall–Kier alpha value is -1.55. The Labute approximate surface area is 120 Å². The van der Waals surface area contributed by atoms with Gasteiger partial charge in [-0.05, 0) is 31.9 Å². The number of benzene rings is 1. The van der Waals surface area contributed by atoms with Crippen molar-refractivity contribution in [3.63, 3.8) is 0 Å². The van der Waals surface area contributed by atoms with Gasteiger partial charge in [-0.1, -0.05) is 37.0 Å². The fourth-order valence-corrected chi connectivity index (χ4v) is 2.55. The Morgan fingerprint density at radius 3 is 2.55 bits per heavy atom. The van der Waals surface area contributed by atoms with Gasteiger partial charge >= 0.3 is 0 Å². The second-order valence-corrected chi connectivity index (χ2v) is 5.63. The second kappa shape index (κ2) is 6.75. The van der Waals surface area contributed by atoms with Crippen molar-refractivity contribution >= 4 is 5.91 Å². The van der Waals surface area contributed by atoms with Crippen molar-refractivity contribution in [1.29, 1.82) is 0 Å². The van der Waals surface area contributed by atoms with E-state index in [2.05, 4.69) is 5.32 Å². The monoisotopic (exact) mass is 276 g/mol. The van der Waals surface area contributed by atoms with E-state index in [1.165, 1.54) is 12.0 Å². The summed E-state index contributed by atoms with van der Waals surface area (Å²) in [7, 11) is 0. The minimum absolute atomic E-state index is 0.0373. The fourth-order valence-electron chi connectivity index (χ4n) is 2.55. The number of hydrogen-bond donors (Lipinski definition) is 2. The zero-order valence-electron chi connectivity index (χ0n) is 12.2. The Morgan fingerprint density at radius 1 is 1.25 bits per heavy atom. The second-order valence-electron chi connectivity index (χ2n) is 5.63. The molecule has 0 heterocycles. The number of nitrogens with two attached hydrogens (primary N) is 1. The minimum Gasteiger partial charge on any atom is -0.492 e. The summed E-state index contributed by atoms with van der Waals surface area (Å²) < 4.78 is 5.58. The van der Waals surface area contributed by atoms with Crippen LogP contribution in [0.15, 0.2) is 24.3 Å². The molecule has 1 aliphatic rings. The Balaban J connectivity index is 1.70. The number of carbonyl (C=O) groups excluding carboxylic acids is 1. The van der Waals surface area contributed by atoms with E-state index in [1.807, 2.05) is 31.2 Å². The largest absolute Gasteiger partial charge is 0.492 e. The number of hydrogen-bond acceptors (Lipinski definition) is 3. The summed E-state index contributed by atoms with van der Waals surface area (Å²) in [4.78, 5) is 12.1. The molecule has 3 N–H and O–H groups in total. The van der Waals surface area contributed by atoms with Gasteiger partial charge in [-0.3, -0.25) is 4.79 Å². The first-order chi connectivity index (χ1) is 9.60. The van der Waals surface area contributed by atoms with Crippen molar-refractivity contribution in [2.24, 2.45) is 5.73 Å². The molecule has 2 rings (SSSR count). The molecule has 0 unspecified atom stereocenters. The molecule has 0 bridgehead atoms. The predicted molar refractivity (Wildman–Crippen MR) is 79.7 cm³/mol. The Bertz CT molecular complexity index is 436. The zero-order valence-corrected chi connectivity index (χ0v) is 12.2. The van der Waals surface area contributed by atoms with Crippen LogP contribution in [0.1, 0.15) is 37.7 Å². The van der Waals surface area contributed by atoms with E-state index >= 15 is 0 Å². The highest BCUT2D eigenvalue weighted by Crippen LogP contribution is 2.25. The molecular weight excluding hydrogens is 252 g/mol. The van der Waals surface area contributed by atoms with Gasteiger partial charge in [-0.15, -0.1) is 0 Å². The van der Waals surface area contributed by atoms with Gasteiger partial charge in [-0.25, -0.2) is 0 Å².